The van der Waals surface area contributed by atoms with Gasteiger partial charge in [0, 0.05) is 6.42 Å². The highest BCUT2D eigenvalue weighted by Gasteiger charge is 2.07. The summed E-state index contributed by atoms with van der Waals surface area (Å²) in [6, 6.07) is 16.8. The standard InChI is InChI=1S/C17H18O4/c1-13(7-12-17(18)19)20-15-8-10-16(11-9-15)21-14-5-3-2-4-6-14/h2-6,8-11,13H,7,12H2,1H3,(H,18,19). The summed E-state index contributed by atoms with van der Waals surface area (Å²) in [4.78, 5) is 10.5. The minimum Gasteiger partial charge on any atom is -0.491 e. The Kier molecular flexibility index (Phi) is 5.21. The number of aliphatic carboxylic acids is 1. The van der Waals surface area contributed by atoms with Crippen LogP contribution in [0.2, 0.25) is 0 Å². The third-order valence-electron chi connectivity index (χ3n) is 2.90. The van der Waals surface area contributed by atoms with E-state index in [-0.39, 0.29) is 12.5 Å². The predicted molar refractivity (Wildman–Crippen MR) is 79.9 cm³/mol. The summed E-state index contributed by atoms with van der Waals surface area (Å²) in [5.41, 5.74) is 0. The highest BCUT2D eigenvalue weighted by molar-refractivity contribution is 5.66. The Morgan fingerprint density at radius 2 is 1.57 bits per heavy atom. The molecule has 1 atom stereocenters. The molecule has 0 aliphatic heterocycles. The number of carbonyl (C=O) groups is 1. The molecule has 2 aromatic carbocycles. The van der Waals surface area contributed by atoms with E-state index in [1.807, 2.05) is 61.5 Å². The average molecular weight is 286 g/mol. The second-order valence-electron chi connectivity index (χ2n) is 4.75. The first-order valence-electron chi connectivity index (χ1n) is 6.85. The fraction of sp³-hybridized carbons (Fsp3) is 0.235. The van der Waals surface area contributed by atoms with E-state index < -0.39 is 5.97 Å². The first-order valence-corrected chi connectivity index (χ1v) is 6.85. The number of benzene rings is 2. The van der Waals surface area contributed by atoms with E-state index in [9.17, 15) is 4.79 Å². The van der Waals surface area contributed by atoms with E-state index in [1.54, 1.807) is 0 Å². The topological polar surface area (TPSA) is 55.8 Å². The zero-order valence-corrected chi connectivity index (χ0v) is 11.9. The zero-order chi connectivity index (χ0) is 15.1. The van der Waals surface area contributed by atoms with Crippen LogP contribution >= 0.6 is 0 Å². The molecule has 0 aliphatic carbocycles. The zero-order valence-electron chi connectivity index (χ0n) is 11.9. The lowest BCUT2D eigenvalue weighted by Crippen LogP contribution is -2.13. The molecule has 0 fully saturated rings. The minimum absolute atomic E-state index is 0.108. The number of carboxylic acid groups (broad SMARTS) is 1. The van der Waals surface area contributed by atoms with Crippen LogP contribution in [0.15, 0.2) is 54.6 Å². The maximum absolute atomic E-state index is 10.5. The van der Waals surface area contributed by atoms with E-state index in [0.29, 0.717) is 12.2 Å². The number of rotatable bonds is 7. The molecule has 4 nitrogen and oxygen atoms in total. The van der Waals surface area contributed by atoms with Gasteiger partial charge < -0.3 is 14.6 Å². The fourth-order valence-corrected chi connectivity index (χ4v) is 1.83. The van der Waals surface area contributed by atoms with Crippen LogP contribution in [0, 0.1) is 0 Å². The highest BCUT2D eigenvalue weighted by Crippen LogP contribution is 2.24. The van der Waals surface area contributed by atoms with Gasteiger partial charge in [0.2, 0.25) is 0 Å². The van der Waals surface area contributed by atoms with Crippen LogP contribution in [-0.2, 0) is 4.79 Å². The Balaban J connectivity index is 1.88. The summed E-state index contributed by atoms with van der Waals surface area (Å²) in [6.45, 7) is 1.86. The molecule has 0 spiro atoms. The number of ether oxygens (including phenoxy) is 2. The fourth-order valence-electron chi connectivity index (χ4n) is 1.83. The molecule has 0 radical (unpaired) electrons. The normalized spacial score (nSPS) is 11.7. The molecule has 0 saturated heterocycles. The van der Waals surface area contributed by atoms with Gasteiger partial charge in [0.1, 0.15) is 17.2 Å². The van der Waals surface area contributed by atoms with Crippen LogP contribution < -0.4 is 9.47 Å². The maximum Gasteiger partial charge on any atom is 0.303 e. The Hall–Kier alpha value is -2.49. The van der Waals surface area contributed by atoms with Gasteiger partial charge in [-0.2, -0.15) is 0 Å². The van der Waals surface area contributed by atoms with Crippen molar-refractivity contribution in [1.82, 2.24) is 0 Å². The van der Waals surface area contributed by atoms with Gasteiger partial charge in [-0.3, -0.25) is 4.79 Å². The predicted octanol–water partition coefficient (Wildman–Crippen LogP) is 4.11. The molecule has 2 rings (SSSR count). The van der Waals surface area contributed by atoms with E-state index in [4.69, 9.17) is 14.6 Å². The number of hydrogen-bond acceptors (Lipinski definition) is 3. The van der Waals surface area contributed by atoms with Crippen LogP contribution in [-0.4, -0.2) is 17.2 Å². The summed E-state index contributed by atoms with van der Waals surface area (Å²) >= 11 is 0. The second kappa shape index (κ2) is 7.33. The lowest BCUT2D eigenvalue weighted by atomic mass is 10.2. The molecule has 21 heavy (non-hydrogen) atoms. The second-order valence-corrected chi connectivity index (χ2v) is 4.75. The van der Waals surface area contributed by atoms with Gasteiger partial charge in [-0.05, 0) is 49.7 Å². The first-order chi connectivity index (χ1) is 10.1. The molecule has 4 heteroatoms. The molecule has 0 heterocycles. The van der Waals surface area contributed by atoms with Crippen molar-refractivity contribution in [2.24, 2.45) is 0 Å². The lowest BCUT2D eigenvalue weighted by molar-refractivity contribution is -0.137. The molecule has 0 bridgehead atoms. The summed E-state index contributed by atoms with van der Waals surface area (Å²) in [6.07, 6.45) is 0.454. The van der Waals surface area contributed by atoms with E-state index in [2.05, 4.69) is 0 Å². The Labute approximate surface area is 123 Å². The Bertz CT molecular complexity index is 563. The Morgan fingerprint density at radius 3 is 2.19 bits per heavy atom. The van der Waals surface area contributed by atoms with Gasteiger partial charge in [-0.25, -0.2) is 0 Å². The van der Waals surface area contributed by atoms with Gasteiger partial charge >= 0.3 is 5.97 Å². The van der Waals surface area contributed by atoms with Gasteiger partial charge in [0.15, 0.2) is 0 Å². The van der Waals surface area contributed by atoms with Crippen molar-refractivity contribution >= 4 is 5.97 Å². The van der Waals surface area contributed by atoms with Crippen molar-refractivity contribution < 1.29 is 19.4 Å². The SMILES string of the molecule is CC(CCC(=O)O)Oc1ccc(Oc2ccccc2)cc1. The van der Waals surface area contributed by atoms with Crippen molar-refractivity contribution in [3.63, 3.8) is 0 Å². The summed E-state index contributed by atoms with van der Waals surface area (Å²) in [5.74, 6) is 1.40. The van der Waals surface area contributed by atoms with E-state index >= 15 is 0 Å². The summed E-state index contributed by atoms with van der Waals surface area (Å²) < 4.78 is 11.3. The monoisotopic (exact) mass is 286 g/mol. The number of hydrogen-bond donors (Lipinski definition) is 1. The van der Waals surface area contributed by atoms with Crippen LogP contribution in [0.3, 0.4) is 0 Å². The molecule has 1 N–H and O–H groups in total. The summed E-state index contributed by atoms with van der Waals surface area (Å²) in [7, 11) is 0. The smallest absolute Gasteiger partial charge is 0.303 e. The molecular formula is C17H18O4. The maximum atomic E-state index is 10.5. The largest absolute Gasteiger partial charge is 0.491 e. The van der Waals surface area contributed by atoms with Gasteiger partial charge in [-0.1, -0.05) is 18.2 Å². The molecule has 110 valence electrons. The highest BCUT2D eigenvalue weighted by atomic mass is 16.5. The molecule has 1 unspecified atom stereocenters. The van der Waals surface area contributed by atoms with E-state index in [0.717, 1.165) is 11.5 Å². The molecule has 0 amide bonds. The number of carboxylic acids is 1. The van der Waals surface area contributed by atoms with Gasteiger partial charge in [0.25, 0.3) is 0 Å². The van der Waals surface area contributed by atoms with Crippen molar-refractivity contribution in [1.29, 1.82) is 0 Å². The van der Waals surface area contributed by atoms with Crippen LogP contribution in [0.1, 0.15) is 19.8 Å². The molecule has 0 aromatic heterocycles. The first kappa shape index (κ1) is 14.9. The lowest BCUT2D eigenvalue weighted by Gasteiger charge is -2.14. The number of para-hydroxylation sites is 1. The van der Waals surface area contributed by atoms with Crippen LogP contribution in [0.5, 0.6) is 17.2 Å². The third kappa shape index (κ3) is 5.18. The van der Waals surface area contributed by atoms with Crippen molar-refractivity contribution in [2.75, 3.05) is 0 Å². The van der Waals surface area contributed by atoms with Gasteiger partial charge in [0.05, 0.1) is 6.10 Å². The average Bonchev–Trinajstić information content (AvgIpc) is 2.48. The van der Waals surface area contributed by atoms with Crippen LogP contribution in [0.25, 0.3) is 0 Å². The van der Waals surface area contributed by atoms with Crippen molar-refractivity contribution in [2.45, 2.75) is 25.9 Å². The molecule has 0 saturated carbocycles. The molecule has 2 aromatic rings. The van der Waals surface area contributed by atoms with Crippen molar-refractivity contribution in [3.8, 4) is 17.2 Å². The summed E-state index contributed by atoms with van der Waals surface area (Å²) in [5, 5.41) is 8.63. The van der Waals surface area contributed by atoms with Gasteiger partial charge in [-0.15, -0.1) is 0 Å². The van der Waals surface area contributed by atoms with Crippen LogP contribution in [0.4, 0.5) is 0 Å². The third-order valence-corrected chi connectivity index (χ3v) is 2.90. The Morgan fingerprint density at radius 1 is 1.00 bits per heavy atom. The molecular weight excluding hydrogens is 268 g/mol. The quantitative estimate of drug-likeness (QED) is 0.832. The molecule has 0 aliphatic rings. The minimum atomic E-state index is -0.808. The van der Waals surface area contributed by atoms with Crippen molar-refractivity contribution in [3.05, 3.63) is 54.6 Å². The van der Waals surface area contributed by atoms with E-state index in [1.165, 1.54) is 0 Å².